The summed E-state index contributed by atoms with van der Waals surface area (Å²) in [7, 11) is 0. The minimum atomic E-state index is 0.266. The van der Waals surface area contributed by atoms with Crippen molar-refractivity contribution in [3.8, 4) is 0 Å². The van der Waals surface area contributed by atoms with Crippen molar-refractivity contribution in [1.29, 1.82) is 0 Å². The highest BCUT2D eigenvalue weighted by molar-refractivity contribution is 5.41. The fourth-order valence-corrected chi connectivity index (χ4v) is 3.42. The Morgan fingerprint density at radius 2 is 0.958 bits per heavy atom. The average molecular weight is 325 g/mol. The van der Waals surface area contributed by atoms with Crippen molar-refractivity contribution < 1.29 is 0 Å². The molecule has 0 aliphatic carbocycles. The summed E-state index contributed by atoms with van der Waals surface area (Å²) in [5, 5.41) is 0. The summed E-state index contributed by atoms with van der Waals surface area (Å²) in [5.41, 5.74) is 8.99. The molecule has 0 aliphatic heterocycles. The molecule has 0 bridgehead atoms. The molecule has 0 spiro atoms. The largest absolute Gasteiger partial charge is 0.0590 e. The lowest BCUT2D eigenvalue weighted by molar-refractivity contribution is 0.581. The summed E-state index contributed by atoms with van der Waals surface area (Å²) in [6.45, 7) is 22.2. The highest BCUT2D eigenvalue weighted by atomic mass is 14.2. The van der Waals surface area contributed by atoms with E-state index in [1.54, 1.807) is 0 Å². The summed E-state index contributed by atoms with van der Waals surface area (Å²) in [4.78, 5) is 0. The van der Waals surface area contributed by atoms with Crippen LogP contribution in [-0.4, -0.2) is 0 Å². The zero-order valence-corrected chi connectivity index (χ0v) is 17.5. The summed E-state index contributed by atoms with van der Waals surface area (Å²) >= 11 is 0. The normalized spacial score (nSPS) is 11.8. The van der Waals surface area contributed by atoms with Crippen LogP contribution in [0.2, 0.25) is 0 Å². The molecule has 0 heterocycles. The van der Waals surface area contributed by atoms with Crippen LogP contribution >= 0.6 is 0 Å². The molecule has 0 saturated heterocycles. The molecule has 0 radical (unpaired) electrons. The lowest BCUT2D eigenvalue weighted by Gasteiger charge is -2.24. The van der Waals surface area contributed by atoms with Gasteiger partial charge in [-0.3, -0.25) is 0 Å². The summed E-state index contributed by atoms with van der Waals surface area (Å²) in [6, 6.07) is 13.3. The lowest BCUT2D eigenvalue weighted by atomic mass is 9.80. The van der Waals surface area contributed by atoms with Gasteiger partial charge in [-0.2, -0.15) is 0 Å². The van der Waals surface area contributed by atoms with E-state index in [1.807, 2.05) is 0 Å². The highest BCUT2D eigenvalue weighted by Gasteiger charge is 2.18. The van der Waals surface area contributed by atoms with Crippen LogP contribution in [0.1, 0.15) is 74.9 Å². The zero-order valence-electron chi connectivity index (χ0n) is 17.5. The standard InChI is InChI=1S/C13H20.C11H16/c1-9-7-10(2)12(11(3)8-9)13(4,5)6;1-9-5-7-10(8-6-9)11(2,3)4/h7-8H,1-6H3;5-8H,1-4H3. The van der Waals surface area contributed by atoms with Gasteiger partial charge in [-0.05, 0) is 60.8 Å². The van der Waals surface area contributed by atoms with Gasteiger partial charge >= 0.3 is 0 Å². The van der Waals surface area contributed by atoms with E-state index >= 15 is 0 Å². The predicted octanol–water partition coefficient (Wildman–Crippen LogP) is 7.20. The molecular formula is C24H36. The Labute approximate surface area is 150 Å². The van der Waals surface area contributed by atoms with Crippen molar-refractivity contribution in [3.05, 3.63) is 69.8 Å². The van der Waals surface area contributed by atoms with E-state index in [0.29, 0.717) is 0 Å². The number of hydrogen-bond donors (Lipinski definition) is 0. The molecule has 0 atom stereocenters. The van der Waals surface area contributed by atoms with Gasteiger partial charge in [0.15, 0.2) is 0 Å². The van der Waals surface area contributed by atoms with Gasteiger partial charge in [0.1, 0.15) is 0 Å². The van der Waals surface area contributed by atoms with Gasteiger partial charge in [-0.25, -0.2) is 0 Å². The van der Waals surface area contributed by atoms with Gasteiger partial charge < -0.3 is 0 Å². The molecule has 0 nitrogen and oxygen atoms in total. The fourth-order valence-electron chi connectivity index (χ4n) is 3.42. The van der Waals surface area contributed by atoms with Gasteiger partial charge in [0.05, 0.1) is 0 Å². The monoisotopic (exact) mass is 324 g/mol. The van der Waals surface area contributed by atoms with Crippen molar-refractivity contribution in [2.45, 2.75) is 80.1 Å². The van der Waals surface area contributed by atoms with Crippen LogP contribution in [-0.2, 0) is 10.8 Å². The molecule has 0 saturated carbocycles. The third kappa shape index (κ3) is 5.82. The van der Waals surface area contributed by atoms with E-state index in [-0.39, 0.29) is 10.8 Å². The first kappa shape index (κ1) is 20.5. The molecule has 0 N–H and O–H groups in total. The van der Waals surface area contributed by atoms with Crippen LogP contribution in [0.25, 0.3) is 0 Å². The first-order valence-electron chi connectivity index (χ1n) is 8.98. The Morgan fingerprint density at radius 3 is 1.29 bits per heavy atom. The van der Waals surface area contributed by atoms with Gasteiger partial charge in [-0.1, -0.05) is 89.1 Å². The Kier molecular flexibility index (Phi) is 6.45. The van der Waals surface area contributed by atoms with Crippen molar-refractivity contribution in [2.75, 3.05) is 0 Å². The third-order valence-electron chi connectivity index (χ3n) is 4.34. The number of hydrogen-bond acceptors (Lipinski definition) is 0. The van der Waals surface area contributed by atoms with E-state index in [0.717, 1.165) is 0 Å². The summed E-state index contributed by atoms with van der Waals surface area (Å²) in [6.07, 6.45) is 0. The second-order valence-electron chi connectivity index (χ2n) is 9.14. The zero-order chi connectivity index (χ0) is 18.7. The summed E-state index contributed by atoms with van der Waals surface area (Å²) in [5.74, 6) is 0. The number of rotatable bonds is 0. The molecule has 132 valence electrons. The molecule has 24 heavy (non-hydrogen) atoms. The van der Waals surface area contributed by atoms with Crippen LogP contribution in [0.4, 0.5) is 0 Å². The molecule has 2 aromatic carbocycles. The van der Waals surface area contributed by atoms with Gasteiger partial charge in [0.25, 0.3) is 0 Å². The third-order valence-corrected chi connectivity index (χ3v) is 4.34. The lowest BCUT2D eigenvalue weighted by Crippen LogP contribution is -2.15. The van der Waals surface area contributed by atoms with Crippen molar-refractivity contribution in [3.63, 3.8) is 0 Å². The topological polar surface area (TPSA) is 0 Å². The van der Waals surface area contributed by atoms with Crippen molar-refractivity contribution in [2.24, 2.45) is 0 Å². The highest BCUT2D eigenvalue weighted by Crippen LogP contribution is 2.29. The van der Waals surface area contributed by atoms with Crippen LogP contribution in [0.15, 0.2) is 36.4 Å². The SMILES string of the molecule is Cc1cc(C)c(C(C)(C)C)c(C)c1.Cc1ccc(C(C)(C)C)cc1. The van der Waals surface area contributed by atoms with Crippen molar-refractivity contribution in [1.82, 2.24) is 0 Å². The number of aryl methyl sites for hydroxylation is 4. The Morgan fingerprint density at radius 1 is 0.542 bits per heavy atom. The Bertz CT molecular complexity index is 636. The minimum absolute atomic E-state index is 0.266. The number of benzene rings is 2. The van der Waals surface area contributed by atoms with Crippen LogP contribution in [0.3, 0.4) is 0 Å². The smallest absolute Gasteiger partial charge is 0.0127 e. The molecular weight excluding hydrogens is 288 g/mol. The molecule has 0 aromatic heterocycles. The first-order chi connectivity index (χ1) is 10.8. The minimum Gasteiger partial charge on any atom is -0.0590 e. The van der Waals surface area contributed by atoms with E-state index in [9.17, 15) is 0 Å². The molecule has 2 aromatic rings. The van der Waals surface area contributed by atoms with E-state index in [2.05, 4.69) is 106 Å². The van der Waals surface area contributed by atoms with Gasteiger partial charge in [-0.15, -0.1) is 0 Å². The van der Waals surface area contributed by atoms with Crippen LogP contribution in [0.5, 0.6) is 0 Å². The maximum Gasteiger partial charge on any atom is -0.0127 e. The predicted molar refractivity (Wildman–Crippen MR) is 109 cm³/mol. The quantitative estimate of drug-likeness (QED) is 0.480. The fraction of sp³-hybridized carbons (Fsp3) is 0.500. The molecule has 0 amide bonds. The van der Waals surface area contributed by atoms with E-state index < -0.39 is 0 Å². The average Bonchev–Trinajstić information content (AvgIpc) is 2.35. The Hall–Kier alpha value is -1.56. The second-order valence-corrected chi connectivity index (χ2v) is 9.14. The molecule has 2 rings (SSSR count). The van der Waals surface area contributed by atoms with Crippen molar-refractivity contribution >= 4 is 0 Å². The second kappa shape index (κ2) is 7.55. The van der Waals surface area contributed by atoms with E-state index in [4.69, 9.17) is 0 Å². The van der Waals surface area contributed by atoms with Gasteiger partial charge in [0, 0.05) is 0 Å². The first-order valence-corrected chi connectivity index (χ1v) is 8.98. The maximum atomic E-state index is 2.28. The Balaban J connectivity index is 0.000000243. The molecule has 0 aliphatic rings. The molecule has 0 fully saturated rings. The van der Waals surface area contributed by atoms with Gasteiger partial charge in [0.2, 0.25) is 0 Å². The van der Waals surface area contributed by atoms with E-state index in [1.165, 1.54) is 33.4 Å². The molecule has 0 unspecified atom stereocenters. The molecule has 0 heteroatoms. The van der Waals surface area contributed by atoms with Crippen LogP contribution in [0, 0.1) is 27.7 Å². The summed E-state index contributed by atoms with van der Waals surface area (Å²) < 4.78 is 0. The van der Waals surface area contributed by atoms with Crippen LogP contribution < -0.4 is 0 Å². The maximum absolute atomic E-state index is 2.28.